The number of fused-ring (bicyclic) bond motifs is 1. The van der Waals surface area contributed by atoms with Crippen LogP contribution in [0, 0.1) is 5.92 Å². The van der Waals surface area contributed by atoms with Crippen LogP contribution in [0.5, 0.6) is 11.5 Å². The molecule has 1 atom stereocenters. The van der Waals surface area contributed by atoms with Gasteiger partial charge in [0.1, 0.15) is 5.76 Å². The summed E-state index contributed by atoms with van der Waals surface area (Å²) in [5.41, 5.74) is 1.33. The Labute approximate surface area is 152 Å². The van der Waals surface area contributed by atoms with Crippen LogP contribution < -0.4 is 14.8 Å². The average molecular weight is 356 g/mol. The van der Waals surface area contributed by atoms with E-state index >= 15 is 0 Å². The molecule has 6 heteroatoms. The first-order valence-electron chi connectivity index (χ1n) is 9.29. The predicted molar refractivity (Wildman–Crippen MR) is 95.6 cm³/mol. The van der Waals surface area contributed by atoms with Crippen LogP contribution in [0.25, 0.3) is 0 Å². The van der Waals surface area contributed by atoms with Gasteiger partial charge in [0.25, 0.3) is 5.91 Å². The van der Waals surface area contributed by atoms with Crippen molar-refractivity contribution >= 4 is 5.91 Å². The number of hydrogen-bond donors (Lipinski definition) is 1. The molecule has 2 heterocycles. The lowest BCUT2D eigenvalue weighted by atomic mass is 9.95. The molecule has 1 aromatic carbocycles. The third kappa shape index (κ3) is 3.54. The fourth-order valence-electron chi connectivity index (χ4n) is 3.18. The van der Waals surface area contributed by atoms with Crippen molar-refractivity contribution in [2.45, 2.75) is 45.1 Å². The first kappa shape index (κ1) is 16.9. The monoisotopic (exact) mass is 356 g/mol. The highest BCUT2D eigenvalue weighted by Gasteiger charge is 2.29. The second-order valence-corrected chi connectivity index (χ2v) is 7.34. The molecule has 1 aliphatic carbocycles. The Hall–Kier alpha value is -2.50. The summed E-state index contributed by atoms with van der Waals surface area (Å²) in [6, 6.07) is 7.47. The van der Waals surface area contributed by atoms with E-state index in [0.29, 0.717) is 24.8 Å². The molecule has 0 unspecified atom stereocenters. The van der Waals surface area contributed by atoms with E-state index in [9.17, 15) is 4.79 Å². The summed E-state index contributed by atoms with van der Waals surface area (Å²) in [5, 5.41) is 7.02. The van der Waals surface area contributed by atoms with Crippen LogP contribution in [-0.4, -0.2) is 24.3 Å². The van der Waals surface area contributed by atoms with Gasteiger partial charge in [0.05, 0.1) is 19.3 Å². The molecule has 1 aromatic heterocycles. The first-order valence-corrected chi connectivity index (χ1v) is 9.29. The largest absolute Gasteiger partial charge is 0.490 e. The van der Waals surface area contributed by atoms with Gasteiger partial charge in [0.2, 0.25) is 0 Å². The molecule has 2 aromatic rings. The molecule has 1 aliphatic heterocycles. The number of amides is 1. The molecule has 4 rings (SSSR count). The lowest BCUT2D eigenvalue weighted by Crippen LogP contribution is -2.32. The molecular weight excluding hydrogens is 332 g/mol. The zero-order chi connectivity index (χ0) is 18.1. The van der Waals surface area contributed by atoms with E-state index < -0.39 is 0 Å². The van der Waals surface area contributed by atoms with Crippen molar-refractivity contribution in [2.24, 2.45) is 5.92 Å². The molecule has 1 fully saturated rings. The molecule has 1 amide bonds. The number of ether oxygens (including phenoxy) is 2. The first-order chi connectivity index (χ1) is 12.6. The zero-order valence-corrected chi connectivity index (χ0v) is 15.2. The molecule has 0 spiro atoms. The molecule has 0 radical (unpaired) electrons. The van der Waals surface area contributed by atoms with E-state index in [-0.39, 0.29) is 17.9 Å². The minimum atomic E-state index is -0.216. The molecule has 26 heavy (non-hydrogen) atoms. The Balaban J connectivity index is 1.53. The average Bonchev–Trinajstić information content (AvgIpc) is 3.41. The van der Waals surface area contributed by atoms with Crippen LogP contribution >= 0.6 is 0 Å². The molecule has 6 nitrogen and oxygen atoms in total. The van der Waals surface area contributed by atoms with E-state index in [1.54, 1.807) is 6.07 Å². The van der Waals surface area contributed by atoms with Gasteiger partial charge in [0.15, 0.2) is 17.2 Å². The quantitative estimate of drug-likeness (QED) is 0.881. The third-order valence-electron chi connectivity index (χ3n) is 4.82. The van der Waals surface area contributed by atoms with Gasteiger partial charge in [-0.05, 0) is 36.5 Å². The van der Waals surface area contributed by atoms with Gasteiger partial charge in [-0.25, -0.2) is 0 Å². The predicted octanol–water partition coefficient (Wildman–Crippen LogP) is 3.84. The van der Waals surface area contributed by atoms with Crippen molar-refractivity contribution in [1.82, 2.24) is 10.5 Å². The second-order valence-electron chi connectivity index (χ2n) is 7.34. The highest BCUT2D eigenvalue weighted by Crippen LogP contribution is 2.40. The lowest BCUT2D eigenvalue weighted by molar-refractivity contribution is 0.0916. The van der Waals surface area contributed by atoms with Crippen molar-refractivity contribution in [2.75, 3.05) is 13.2 Å². The molecule has 0 saturated heterocycles. The van der Waals surface area contributed by atoms with Gasteiger partial charge in [-0.3, -0.25) is 4.79 Å². The maximum Gasteiger partial charge on any atom is 0.273 e. The van der Waals surface area contributed by atoms with Crippen LogP contribution in [0.1, 0.15) is 66.9 Å². The summed E-state index contributed by atoms with van der Waals surface area (Å²) in [4.78, 5) is 12.6. The lowest BCUT2D eigenvalue weighted by Gasteiger charge is -2.23. The van der Waals surface area contributed by atoms with Crippen molar-refractivity contribution < 1.29 is 18.8 Å². The number of aromatic nitrogens is 1. The van der Waals surface area contributed by atoms with E-state index in [1.807, 2.05) is 18.2 Å². The zero-order valence-electron chi connectivity index (χ0n) is 15.2. The topological polar surface area (TPSA) is 73.6 Å². The second kappa shape index (κ2) is 7.02. The van der Waals surface area contributed by atoms with Crippen molar-refractivity contribution in [3.8, 4) is 11.5 Å². The Morgan fingerprint density at radius 2 is 1.92 bits per heavy atom. The molecule has 1 saturated carbocycles. The molecule has 0 bridgehead atoms. The van der Waals surface area contributed by atoms with Gasteiger partial charge < -0.3 is 19.3 Å². The highest BCUT2D eigenvalue weighted by molar-refractivity contribution is 5.92. The van der Waals surface area contributed by atoms with Crippen LogP contribution in [0.4, 0.5) is 0 Å². The van der Waals surface area contributed by atoms with Gasteiger partial charge in [-0.15, -0.1) is 0 Å². The van der Waals surface area contributed by atoms with Crippen LogP contribution in [-0.2, 0) is 0 Å². The standard InChI is InChI=1S/C20H24N2O4/c1-12(2)19(14-6-7-16-18(10-14)25-9-3-8-24-16)21-20(23)15-11-17(26-22-15)13-4-5-13/h6-7,10-13,19H,3-5,8-9H2,1-2H3,(H,21,23)/t19-/m1/s1. The maximum absolute atomic E-state index is 12.6. The molecule has 138 valence electrons. The summed E-state index contributed by atoms with van der Waals surface area (Å²) in [6.45, 7) is 5.45. The molecule has 2 aliphatic rings. The van der Waals surface area contributed by atoms with Gasteiger partial charge in [-0.1, -0.05) is 25.1 Å². The number of carbonyl (C=O) groups is 1. The molecule has 1 N–H and O–H groups in total. The number of nitrogens with one attached hydrogen (secondary N) is 1. The summed E-state index contributed by atoms with van der Waals surface area (Å²) < 4.78 is 16.8. The van der Waals surface area contributed by atoms with Crippen LogP contribution in [0.2, 0.25) is 0 Å². The fraction of sp³-hybridized carbons (Fsp3) is 0.500. The summed E-state index contributed by atoms with van der Waals surface area (Å²) in [7, 11) is 0. The number of nitrogens with zero attached hydrogens (tertiary/aromatic N) is 1. The van der Waals surface area contributed by atoms with Crippen LogP contribution in [0.15, 0.2) is 28.8 Å². The Morgan fingerprint density at radius 3 is 2.65 bits per heavy atom. The van der Waals surface area contributed by atoms with Gasteiger partial charge in [-0.2, -0.15) is 0 Å². The SMILES string of the molecule is CC(C)[C@@H](NC(=O)c1cc(C2CC2)on1)c1ccc2c(c1)OCCCO2. The minimum Gasteiger partial charge on any atom is -0.490 e. The Kier molecular flexibility index (Phi) is 4.57. The maximum atomic E-state index is 12.6. The number of carbonyl (C=O) groups excluding carboxylic acids is 1. The van der Waals surface area contributed by atoms with E-state index in [4.69, 9.17) is 14.0 Å². The van der Waals surface area contributed by atoms with E-state index in [2.05, 4.69) is 24.3 Å². The van der Waals surface area contributed by atoms with Crippen molar-refractivity contribution in [1.29, 1.82) is 0 Å². The Bertz CT molecular complexity index is 795. The number of hydrogen-bond acceptors (Lipinski definition) is 5. The number of rotatable bonds is 5. The van der Waals surface area contributed by atoms with E-state index in [0.717, 1.165) is 42.1 Å². The Morgan fingerprint density at radius 1 is 1.15 bits per heavy atom. The highest BCUT2D eigenvalue weighted by atomic mass is 16.5. The van der Waals surface area contributed by atoms with Crippen molar-refractivity contribution in [3.63, 3.8) is 0 Å². The summed E-state index contributed by atoms with van der Waals surface area (Å²) in [6.07, 6.45) is 3.09. The minimum absolute atomic E-state index is 0.152. The van der Waals surface area contributed by atoms with Gasteiger partial charge in [0, 0.05) is 18.4 Å². The van der Waals surface area contributed by atoms with Gasteiger partial charge >= 0.3 is 0 Å². The molecular formula is C20H24N2O4. The third-order valence-corrected chi connectivity index (χ3v) is 4.82. The fourth-order valence-corrected chi connectivity index (χ4v) is 3.18. The number of benzene rings is 1. The normalized spacial score (nSPS) is 17.7. The smallest absolute Gasteiger partial charge is 0.273 e. The van der Waals surface area contributed by atoms with Crippen LogP contribution in [0.3, 0.4) is 0 Å². The van der Waals surface area contributed by atoms with Crippen molar-refractivity contribution in [3.05, 3.63) is 41.3 Å². The van der Waals surface area contributed by atoms with E-state index in [1.165, 1.54) is 0 Å². The summed E-state index contributed by atoms with van der Waals surface area (Å²) >= 11 is 0. The summed E-state index contributed by atoms with van der Waals surface area (Å²) in [5.74, 6) is 2.73.